The van der Waals surface area contributed by atoms with Crippen molar-refractivity contribution in [3.05, 3.63) is 18.1 Å². The highest BCUT2D eigenvalue weighted by molar-refractivity contribution is 5.94. The van der Waals surface area contributed by atoms with E-state index in [4.69, 9.17) is 0 Å². The van der Waals surface area contributed by atoms with Gasteiger partial charge in [0.1, 0.15) is 0 Å². The maximum Gasteiger partial charge on any atom is 0.230 e. The highest BCUT2D eigenvalue weighted by Gasteiger charge is 2.22. The Morgan fingerprint density at radius 1 is 1.29 bits per heavy atom. The average Bonchev–Trinajstić information content (AvgIpc) is 2.26. The van der Waals surface area contributed by atoms with Crippen LogP contribution < -0.4 is 5.32 Å². The second-order valence-corrected chi connectivity index (χ2v) is 5.16. The van der Waals surface area contributed by atoms with Gasteiger partial charge in [0.15, 0.2) is 5.82 Å². The minimum Gasteiger partial charge on any atom is -0.309 e. The Balaban J connectivity index is 2.80. The van der Waals surface area contributed by atoms with Crippen LogP contribution in [-0.2, 0) is 11.2 Å². The Hall–Kier alpha value is -1.45. The van der Waals surface area contributed by atoms with Gasteiger partial charge in [-0.05, 0) is 12.8 Å². The number of aryl methyl sites for hydroxylation is 1. The van der Waals surface area contributed by atoms with Gasteiger partial charge >= 0.3 is 0 Å². The number of unbranched alkanes of at least 4 members (excludes halogenated alkanes) is 1. The molecule has 1 heterocycles. The van der Waals surface area contributed by atoms with E-state index < -0.39 is 5.41 Å². The van der Waals surface area contributed by atoms with Gasteiger partial charge in [-0.1, -0.05) is 34.1 Å². The third kappa shape index (κ3) is 4.13. The molecule has 0 saturated carbocycles. The molecule has 0 radical (unpaired) electrons. The molecule has 1 aromatic rings. The van der Waals surface area contributed by atoms with Crippen LogP contribution in [0.3, 0.4) is 0 Å². The normalized spacial score (nSPS) is 11.3. The van der Waals surface area contributed by atoms with Gasteiger partial charge in [-0.25, -0.2) is 4.98 Å². The van der Waals surface area contributed by atoms with Crippen LogP contribution in [0.25, 0.3) is 0 Å². The Labute approximate surface area is 103 Å². The van der Waals surface area contributed by atoms with Crippen molar-refractivity contribution in [2.45, 2.75) is 47.0 Å². The molecule has 0 atom stereocenters. The third-order valence-corrected chi connectivity index (χ3v) is 2.45. The summed E-state index contributed by atoms with van der Waals surface area (Å²) in [4.78, 5) is 20.3. The zero-order chi connectivity index (χ0) is 12.9. The van der Waals surface area contributed by atoms with Crippen molar-refractivity contribution >= 4 is 11.7 Å². The number of carbonyl (C=O) groups is 1. The van der Waals surface area contributed by atoms with Crippen molar-refractivity contribution in [2.24, 2.45) is 5.41 Å². The number of rotatable bonds is 4. The molecule has 1 rings (SSSR count). The van der Waals surface area contributed by atoms with Gasteiger partial charge in [-0.15, -0.1) is 0 Å². The van der Waals surface area contributed by atoms with Gasteiger partial charge in [0.05, 0.1) is 5.69 Å². The monoisotopic (exact) mass is 235 g/mol. The molecule has 0 unspecified atom stereocenters. The summed E-state index contributed by atoms with van der Waals surface area (Å²) in [6.45, 7) is 7.77. The van der Waals surface area contributed by atoms with E-state index in [0.29, 0.717) is 5.82 Å². The van der Waals surface area contributed by atoms with Crippen LogP contribution in [0.2, 0.25) is 0 Å². The molecular formula is C13H21N3O. The van der Waals surface area contributed by atoms with Crippen LogP contribution in [0.15, 0.2) is 12.4 Å². The summed E-state index contributed by atoms with van der Waals surface area (Å²) in [5.41, 5.74) is 0.450. The number of anilines is 1. The smallest absolute Gasteiger partial charge is 0.230 e. The van der Waals surface area contributed by atoms with E-state index in [1.54, 1.807) is 12.4 Å². The van der Waals surface area contributed by atoms with Crippen LogP contribution in [0.5, 0.6) is 0 Å². The van der Waals surface area contributed by atoms with E-state index in [1.165, 1.54) is 0 Å². The number of hydrogen-bond acceptors (Lipinski definition) is 3. The summed E-state index contributed by atoms with van der Waals surface area (Å²) in [5, 5.41) is 2.85. The molecule has 4 heteroatoms. The van der Waals surface area contributed by atoms with Crippen LogP contribution >= 0.6 is 0 Å². The van der Waals surface area contributed by atoms with E-state index in [1.807, 2.05) is 20.8 Å². The molecule has 4 nitrogen and oxygen atoms in total. The molecule has 94 valence electrons. The van der Waals surface area contributed by atoms with E-state index in [0.717, 1.165) is 25.0 Å². The van der Waals surface area contributed by atoms with E-state index in [9.17, 15) is 4.79 Å². The van der Waals surface area contributed by atoms with Gasteiger partial charge in [-0.3, -0.25) is 9.78 Å². The summed E-state index contributed by atoms with van der Waals surface area (Å²) in [5.74, 6) is 0.566. The standard InChI is InChI=1S/C13H21N3O/c1-5-6-7-10-11(15-9-8-14-10)16-12(17)13(2,3)4/h8-9H,5-7H2,1-4H3,(H,15,16,17). The molecule has 1 amide bonds. The molecule has 0 aromatic carbocycles. The molecule has 0 aliphatic carbocycles. The summed E-state index contributed by atoms with van der Waals surface area (Å²) >= 11 is 0. The lowest BCUT2D eigenvalue weighted by atomic mass is 9.96. The van der Waals surface area contributed by atoms with Gasteiger partial charge in [0, 0.05) is 17.8 Å². The van der Waals surface area contributed by atoms with Crippen LogP contribution in [0.1, 0.15) is 46.2 Å². The summed E-state index contributed by atoms with van der Waals surface area (Å²) in [7, 11) is 0. The van der Waals surface area contributed by atoms with Gasteiger partial charge in [-0.2, -0.15) is 0 Å². The lowest BCUT2D eigenvalue weighted by molar-refractivity contribution is -0.123. The maximum atomic E-state index is 11.9. The molecule has 0 aliphatic heterocycles. The number of nitrogens with one attached hydrogen (secondary N) is 1. The number of carbonyl (C=O) groups excluding carboxylic acids is 1. The number of amides is 1. The van der Waals surface area contributed by atoms with E-state index in [-0.39, 0.29) is 5.91 Å². The van der Waals surface area contributed by atoms with Crippen LogP contribution in [-0.4, -0.2) is 15.9 Å². The van der Waals surface area contributed by atoms with Crippen molar-refractivity contribution < 1.29 is 4.79 Å². The highest BCUT2D eigenvalue weighted by atomic mass is 16.2. The Morgan fingerprint density at radius 3 is 2.53 bits per heavy atom. The van der Waals surface area contributed by atoms with Crippen molar-refractivity contribution in [2.75, 3.05) is 5.32 Å². The topological polar surface area (TPSA) is 54.9 Å². The first-order chi connectivity index (χ1) is 7.95. The van der Waals surface area contributed by atoms with Gasteiger partial charge < -0.3 is 5.32 Å². The summed E-state index contributed by atoms with van der Waals surface area (Å²) in [6, 6.07) is 0. The molecule has 0 spiro atoms. The first-order valence-electron chi connectivity index (χ1n) is 6.06. The highest BCUT2D eigenvalue weighted by Crippen LogP contribution is 2.18. The Kier molecular flexibility index (Phi) is 4.61. The second kappa shape index (κ2) is 5.75. The average molecular weight is 235 g/mol. The SMILES string of the molecule is CCCCc1nccnc1NC(=O)C(C)(C)C. The molecule has 1 aromatic heterocycles. The zero-order valence-electron chi connectivity index (χ0n) is 11.1. The fourth-order valence-corrected chi connectivity index (χ4v) is 1.29. The first kappa shape index (κ1) is 13.6. The minimum atomic E-state index is -0.417. The fraction of sp³-hybridized carbons (Fsp3) is 0.615. The maximum absolute atomic E-state index is 11.9. The van der Waals surface area contributed by atoms with Gasteiger partial charge in [0.2, 0.25) is 5.91 Å². The number of nitrogens with zero attached hydrogens (tertiary/aromatic N) is 2. The van der Waals surface area contributed by atoms with E-state index >= 15 is 0 Å². The molecule has 0 fully saturated rings. The Morgan fingerprint density at radius 2 is 1.94 bits per heavy atom. The minimum absolute atomic E-state index is 0.0317. The second-order valence-electron chi connectivity index (χ2n) is 5.16. The first-order valence-corrected chi connectivity index (χ1v) is 6.06. The molecule has 17 heavy (non-hydrogen) atoms. The number of aromatic nitrogens is 2. The molecule has 0 aliphatic rings. The van der Waals surface area contributed by atoms with Crippen molar-refractivity contribution in [1.29, 1.82) is 0 Å². The lowest BCUT2D eigenvalue weighted by Crippen LogP contribution is -2.28. The fourth-order valence-electron chi connectivity index (χ4n) is 1.29. The molecule has 0 saturated heterocycles. The van der Waals surface area contributed by atoms with Crippen molar-refractivity contribution in [3.63, 3.8) is 0 Å². The summed E-state index contributed by atoms with van der Waals surface area (Å²) in [6.07, 6.45) is 6.27. The predicted octanol–water partition coefficient (Wildman–Crippen LogP) is 2.80. The van der Waals surface area contributed by atoms with Crippen molar-refractivity contribution in [1.82, 2.24) is 9.97 Å². The molecular weight excluding hydrogens is 214 g/mol. The number of hydrogen-bond donors (Lipinski definition) is 1. The lowest BCUT2D eigenvalue weighted by Gasteiger charge is -2.18. The molecule has 0 bridgehead atoms. The Bertz CT molecular complexity index is 382. The van der Waals surface area contributed by atoms with E-state index in [2.05, 4.69) is 22.2 Å². The third-order valence-electron chi connectivity index (χ3n) is 2.45. The predicted molar refractivity (Wildman–Crippen MR) is 68.7 cm³/mol. The van der Waals surface area contributed by atoms with Gasteiger partial charge in [0.25, 0.3) is 0 Å². The quantitative estimate of drug-likeness (QED) is 0.873. The van der Waals surface area contributed by atoms with Crippen LogP contribution in [0.4, 0.5) is 5.82 Å². The zero-order valence-corrected chi connectivity index (χ0v) is 11.1. The van der Waals surface area contributed by atoms with Crippen molar-refractivity contribution in [3.8, 4) is 0 Å². The largest absolute Gasteiger partial charge is 0.309 e. The van der Waals surface area contributed by atoms with Crippen LogP contribution in [0, 0.1) is 5.41 Å². The summed E-state index contributed by atoms with van der Waals surface area (Å²) < 4.78 is 0. The molecule has 1 N–H and O–H groups in total.